The molecule has 1 unspecified atom stereocenters. The number of nitrogens with one attached hydrogen (secondary N) is 1. The first kappa shape index (κ1) is 11.4. The van der Waals surface area contributed by atoms with Gasteiger partial charge in [-0.2, -0.15) is 0 Å². The SMILES string of the molecule is CNC(CCCCO)C(=O)OC. The number of unbranched alkanes of at least 4 members (excludes halogenated alkanes) is 1. The number of carbonyl (C=O) groups is 1. The average Bonchev–Trinajstić information content (AvgIpc) is 2.11. The molecule has 0 saturated heterocycles. The molecule has 0 radical (unpaired) electrons. The van der Waals surface area contributed by atoms with Crippen LogP contribution in [0, 0.1) is 0 Å². The number of hydrogen-bond acceptors (Lipinski definition) is 4. The number of ether oxygens (including phenoxy) is 1. The number of likely N-dealkylation sites (N-methyl/N-ethyl adjacent to an activating group) is 1. The van der Waals surface area contributed by atoms with Gasteiger partial charge in [-0.3, -0.25) is 4.79 Å². The quantitative estimate of drug-likeness (QED) is 0.437. The van der Waals surface area contributed by atoms with Gasteiger partial charge in [0.25, 0.3) is 0 Å². The second kappa shape index (κ2) is 7.06. The van der Waals surface area contributed by atoms with Crippen molar-refractivity contribution in [3.8, 4) is 0 Å². The molecule has 1 atom stereocenters. The molecular weight excluding hydrogens is 158 g/mol. The smallest absolute Gasteiger partial charge is 0.322 e. The van der Waals surface area contributed by atoms with Gasteiger partial charge in [0, 0.05) is 6.61 Å². The number of aliphatic hydroxyl groups is 1. The zero-order chi connectivity index (χ0) is 9.40. The maximum absolute atomic E-state index is 11.0. The Morgan fingerprint density at radius 1 is 1.58 bits per heavy atom. The molecule has 0 aliphatic heterocycles. The van der Waals surface area contributed by atoms with E-state index in [-0.39, 0.29) is 18.6 Å². The Balaban J connectivity index is 3.60. The molecule has 0 aromatic carbocycles. The first-order chi connectivity index (χ1) is 5.76. The number of aliphatic hydroxyl groups excluding tert-OH is 1. The predicted octanol–water partition coefficient (Wildman–Crippen LogP) is -0.0900. The molecule has 0 bridgehead atoms. The third-order valence-electron chi connectivity index (χ3n) is 1.74. The molecule has 0 rings (SSSR count). The van der Waals surface area contributed by atoms with E-state index in [2.05, 4.69) is 10.1 Å². The minimum Gasteiger partial charge on any atom is -0.468 e. The molecule has 0 amide bonds. The van der Waals surface area contributed by atoms with Crippen LogP contribution < -0.4 is 5.32 Å². The molecule has 72 valence electrons. The lowest BCUT2D eigenvalue weighted by atomic mass is 10.1. The van der Waals surface area contributed by atoms with Crippen molar-refractivity contribution in [2.24, 2.45) is 0 Å². The fraction of sp³-hybridized carbons (Fsp3) is 0.875. The van der Waals surface area contributed by atoms with Gasteiger partial charge in [0.1, 0.15) is 6.04 Å². The standard InChI is InChI=1S/C8H17NO3/c1-9-7(8(11)12-2)5-3-4-6-10/h7,9-10H,3-6H2,1-2H3. The van der Waals surface area contributed by atoms with Crippen LogP contribution in [0.1, 0.15) is 19.3 Å². The highest BCUT2D eigenvalue weighted by molar-refractivity contribution is 5.75. The van der Waals surface area contributed by atoms with Gasteiger partial charge in [-0.1, -0.05) is 0 Å². The molecule has 0 aliphatic carbocycles. The lowest BCUT2D eigenvalue weighted by Gasteiger charge is -2.12. The van der Waals surface area contributed by atoms with Crippen molar-refractivity contribution in [3.05, 3.63) is 0 Å². The normalized spacial score (nSPS) is 12.6. The number of methoxy groups -OCH3 is 1. The summed E-state index contributed by atoms with van der Waals surface area (Å²) < 4.78 is 4.57. The van der Waals surface area contributed by atoms with Crippen molar-refractivity contribution in [1.82, 2.24) is 5.32 Å². The average molecular weight is 175 g/mol. The second-order valence-corrected chi connectivity index (χ2v) is 2.58. The van der Waals surface area contributed by atoms with Crippen LogP contribution in [0.4, 0.5) is 0 Å². The zero-order valence-corrected chi connectivity index (χ0v) is 7.67. The summed E-state index contributed by atoms with van der Waals surface area (Å²) >= 11 is 0. The van der Waals surface area contributed by atoms with E-state index in [1.54, 1.807) is 7.05 Å². The molecule has 4 heteroatoms. The summed E-state index contributed by atoms with van der Waals surface area (Å²) in [5, 5.41) is 11.4. The Hall–Kier alpha value is -0.610. The van der Waals surface area contributed by atoms with Crippen LogP contribution in [0.2, 0.25) is 0 Å². The van der Waals surface area contributed by atoms with E-state index in [1.165, 1.54) is 7.11 Å². The van der Waals surface area contributed by atoms with E-state index in [9.17, 15) is 4.79 Å². The number of rotatable bonds is 6. The largest absolute Gasteiger partial charge is 0.468 e. The van der Waals surface area contributed by atoms with Crippen LogP contribution in [-0.2, 0) is 9.53 Å². The van der Waals surface area contributed by atoms with Crippen molar-refractivity contribution in [2.45, 2.75) is 25.3 Å². The Morgan fingerprint density at radius 2 is 2.25 bits per heavy atom. The molecule has 2 N–H and O–H groups in total. The molecule has 12 heavy (non-hydrogen) atoms. The van der Waals surface area contributed by atoms with Gasteiger partial charge < -0.3 is 15.2 Å². The van der Waals surface area contributed by atoms with Crippen LogP contribution >= 0.6 is 0 Å². The van der Waals surface area contributed by atoms with E-state index >= 15 is 0 Å². The highest BCUT2D eigenvalue weighted by Gasteiger charge is 2.15. The molecule has 0 heterocycles. The van der Waals surface area contributed by atoms with Gasteiger partial charge in [0.2, 0.25) is 0 Å². The third kappa shape index (κ3) is 4.31. The summed E-state index contributed by atoms with van der Waals surface area (Å²) in [4.78, 5) is 11.0. The van der Waals surface area contributed by atoms with Gasteiger partial charge in [-0.05, 0) is 26.3 Å². The number of esters is 1. The monoisotopic (exact) mass is 175 g/mol. The summed E-state index contributed by atoms with van der Waals surface area (Å²) in [6, 6.07) is -0.235. The molecule has 0 aliphatic rings. The van der Waals surface area contributed by atoms with Gasteiger partial charge in [0.15, 0.2) is 0 Å². The first-order valence-corrected chi connectivity index (χ1v) is 4.12. The van der Waals surface area contributed by atoms with Gasteiger partial charge in [0.05, 0.1) is 7.11 Å². The lowest BCUT2D eigenvalue weighted by Crippen LogP contribution is -2.34. The topological polar surface area (TPSA) is 58.6 Å². The molecular formula is C8H17NO3. The van der Waals surface area contributed by atoms with Crippen molar-refractivity contribution >= 4 is 5.97 Å². The van der Waals surface area contributed by atoms with Gasteiger partial charge in [-0.15, -0.1) is 0 Å². The predicted molar refractivity (Wildman–Crippen MR) is 45.8 cm³/mol. The Kier molecular flexibility index (Phi) is 6.70. The van der Waals surface area contributed by atoms with E-state index in [1.807, 2.05) is 0 Å². The van der Waals surface area contributed by atoms with Crippen LogP contribution in [-0.4, -0.2) is 37.9 Å². The number of hydrogen-bond donors (Lipinski definition) is 2. The van der Waals surface area contributed by atoms with Gasteiger partial charge in [-0.25, -0.2) is 0 Å². The Labute approximate surface area is 72.9 Å². The molecule has 0 saturated carbocycles. The third-order valence-corrected chi connectivity index (χ3v) is 1.74. The van der Waals surface area contributed by atoms with Crippen LogP contribution in [0.15, 0.2) is 0 Å². The van der Waals surface area contributed by atoms with E-state index in [0.29, 0.717) is 6.42 Å². The molecule has 0 fully saturated rings. The summed E-state index contributed by atoms with van der Waals surface area (Å²) in [7, 11) is 3.10. The lowest BCUT2D eigenvalue weighted by molar-refractivity contribution is -0.143. The molecule has 0 spiro atoms. The molecule has 0 aromatic rings. The fourth-order valence-corrected chi connectivity index (χ4v) is 0.983. The summed E-state index contributed by atoms with van der Waals surface area (Å²) in [5.74, 6) is -0.240. The van der Waals surface area contributed by atoms with E-state index in [4.69, 9.17) is 5.11 Å². The van der Waals surface area contributed by atoms with Crippen LogP contribution in [0.25, 0.3) is 0 Å². The first-order valence-electron chi connectivity index (χ1n) is 4.12. The van der Waals surface area contributed by atoms with Crippen molar-refractivity contribution in [2.75, 3.05) is 20.8 Å². The fourth-order valence-electron chi connectivity index (χ4n) is 0.983. The minimum absolute atomic E-state index is 0.178. The summed E-state index contributed by atoms with van der Waals surface area (Å²) in [6.07, 6.45) is 2.27. The van der Waals surface area contributed by atoms with Crippen LogP contribution in [0.5, 0.6) is 0 Å². The maximum atomic E-state index is 11.0. The van der Waals surface area contributed by atoms with Crippen molar-refractivity contribution in [1.29, 1.82) is 0 Å². The molecule has 0 aromatic heterocycles. The Bertz CT molecular complexity index is 127. The van der Waals surface area contributed by atoms with E-state index < -0.39 is 0 Å². The van der Waals surface area contributed by atoms with Crippen LogP contribution in [0.3, 0.4) is 0 Å². The van der Waals surface area contributed by atoms with E-state index in [0.717, 1.165) is 12.8 Å². The highest BCUT2D eigenvalue weighted by atomic mass is 16.5. The summed E-state index contributed by atoms with van der Waals surface area (Å²) in [5.41, 5.74) is 0. The van der Waals surface area contributed by atoms with Crippen molar-refractivity contribution < 1.29 is 14.6 Å². The molecule has 4 nitrogen and oxygen atoms in total. The zero-order valence-electron chi connectivity index (χ0n) is 7.67. The summed E-state index contributed by atoms with van der Waals surface area (Å²) in [6.45, 7) is 0.178. The second-order valence-electron chi connectivity index (χ2n) is 2.58. The highest BCUT2D eigenvalue weighted by Crippen LogP contribution is 2.01. The Morgan fingerprint density at radius 3 is 2.67 bits per heavy atom. The number of carbonyl (C=O) groups excluding carboxylic acids is 1. The van der Waals surface area contributed by atoms with Crippen molar-refractivity contribution in [3.63, 3.8) is 0 Å². The minimum atomic E-state index is -0.240. The maximum Gasteiger partial charge on any atom is 0.322 e. The van der Waals surface area contributed by atoms with Gasteiger partial charge >= 0.3 is 5.97 Å².